The summed E-state index contributed by atoms with van der Waals surface area (Å²) in [5.74, 6) is -2.53. The molecule has 2 fully saturated rings. The largest absolute Gasteiger partial charge is 0.481 e. The van der Waals surface area contributed by atoms with Gasteiger partial charge in [-0.15, -0.1) is 11.3 Å². The number of allylic oxidation sites excluding steroid dienone is 2. The Morgan fingerprint density at radius 3 is 2.28 bits per heavy atom. The van der Waals surface area contributed by atoms with Crippen molar-refractivity contribution < 1.29 is 19.5 Å². The number of fused-ring (bicyclic) bond motifs is 3. The molecule has 174 valence electrons. The molecule has 1 aromatic heterocycles. The minimum Gasteiger partial charge on any atom is -0.481 e. The first-order valence-electron chi connectivity index (χ1n) is 11.6. The van der Waals surface area contributed by atoms with Crippen LogP contribution in [0.5, 0.6) is 0 Å². The van der Waals surface area contributed by atoms with Crippen LogP contribution in [-0.2, 0) is 22.4 Å². The Kier molecular flexibility index (Phi) is 5.99. The molecule has 7 heteroatoms. The van der Waals surface area contributed by atoms with Crippen LogP contribution < -0.4 is 10.9 Å². The lowest BCUT2D eigenvalue weighted by Crippen LogP contribution is -2.48. The molecule has 0 radical (unpaired) electrons. The molecule has 0 aliphatic heterocycles. The second kappa shape index (κ2) is 8.32. The molecule has 1 aromatic rings. The van der Waals surface area contributed by atoms with E-state index in [1.165, 1.54) is 4.88 Å². The van der Waals surface area contributed by atoms with Crippen molar-refractivity contribution in [1.29, 1.82) is 0 Å². The van der Waals surface area contributed by atoms with Gasteiger partial charge >= 0.3 is 5.97 Å². The molecule has 0 spiro atoms. The zero-order valence-electron chi connectivity index (χ0n) is 19.6. The van der Waals surface area contributed by atoms with Crippen LogP contribution in [0.4, 0.5) is 0 Å². The number of thiophene rings is 1. The Hall–Kier alpha value is -2.15. The van der Waals surface area contributed by atoms with Gasteiger partial charge in [0.15, 0.2) is 0 Å². The molecule has 2 amide bonds. The number of rotatable bonds is 3. The third-order valence-corrected chi connectivity index (χ3v) is 8.98. The number of carboxylic acid groups (broad SMARTS) is 1. The van der Waals surface area contributed by atoms with E-state index < -0.39 is 23.7 Å². The van der Waals surface area contributed by atoms with Crippen LogP contribution in [0.1, 0.15) is 74.7 Å². The van der Waals surface area contributed by atoms with Crippen LogP contribution in [0.2, 0.25) is 0 Å². The zero-order valence-corrected chi connectivity index (χ0v) is 20.4. The number of amides is 2. The van der Waals surface area contributed by atoms with Crippen LogP contribution in [0.3, 0.4) is 0 Å². The predicted molar refractivity (Wildman–Crippen MR) is 124 cm³/mol. The summed E-state index contributed by atoms with van der Waals surface area (Å²) < 4.78 is 0. The maximum Gasteiger partial charge on any atom is 0.307 e. The number of nitrogens with one attached hydrogen (secondary N) is 2. The molecule has 2 bridgehead atoms. The molecular formula is C25H34N2O4S. The molecule has 3 aliphatic rings. The van der Waals surface area contributed by atoms with E-state index in [1.54, 1.807) is 11.3 Å². The van der Waals surface area contributed by atoms with Gasteiger partial charge in [0.1, 0.15) is 0 Å². The molecule has 0 aromatic carbocycles. The van der Waals surface area contributed by atoms with Crippen LogP contribution in [0, 0.1) is 35.0 Å². The maximum atomic E-state index is 13.0. The number of hydrogen-bond acceptors (Lipinski definition) is 4. The normalized spacial score (nSPS) is 28.9. The van der Waals surface area contributed by atoms with Gasteiger partial charge in [0, 0.05) is 10.3 Å². The smallest absolute Gasteiger partial charge is 0.307 e. The fourth-order valence-corrected chi connectivity index (χ4v) is 7.48. The second-order valence-corrected chi connectivity index (χ2v) is 11.9. The minimum atomic E-state index is -0.928. The van der Waals surface area contributed by atoms with Crippen LogP contribution in [-0.4, -0.2) is 22.9 Å². The highest BCUT2D eigenvalue weighted by Gasteiger charge is 2.57. The molecule has 0 saturated heterocycles. The molecule has 1 heterocycles. The van der Waals surface area contributed by atoms with E-state index in [-0.39, 0.29) is 23.2 Å². The van der Waals surface area contributed by atoms with E-state index in [1.807, 2.05) is 19.2 Å². The van der Waals surface area contributed by atoms with E-state index in [0.29, 0.717) is 11.5 Å². The van der Waals surface area contributed by atoms with E-state index in [2.05, 4.69) is 31.6 Å². The molecule has 5 atom stereocenters. The van der Waals surface area contributed by atoms with Gasteiger partial charge in [-0.2, -0.15) is 0 Å². The number of carbonyl (C=O) groups excluding carboxylic acids is 2. The van der Waals surface area contributed by atoms with Crippen molar-refractivity contribution in [3.05, 3.63) is 32.5 Å². The topological polar surface area (TPSA) is 95.5 Å². The first-order chi connectivity index (χ1) is 15.0. The Labute approximate surface area is 193 Å². The predicted octanol–water partition coefficient (Wildman–Crippen LogP) is 4.35. The highest BCUT2D eigenvalue weighted by Crippen LogP contribution is 2.57. The van der Waals surface area contributed by atoms with Gasteiger partial charge in [0.25, 0.3) is 5.91 Å². The van der Waals surface area contributed by atoms with Crippen molar-refractivity contribution >= 4 is 29.1 Å². The molecule has 4 rings (SSSR count). The lowest BCUT2D eigenvalue weighted by atomic mass is 9.72. The molecule has 6 nitrogen and oxygen atoms in total. The summed E-state index contributed by atoms with van der Waals surface area (Å²) in [5, 5.41) is 11.7. The van der Waals surface area contributed by atoms with Gasteiger partial charge in [-0.05, 0) is 74.7 Å². The maximum absolute atomic E-state index is 13.0. The summed E-state index contributed by atoms with van der Waals surface area (Å²) in [7, 11) is 0. The van der Waals surface area contributed by atoms with Gasteiger partial charge in [0.05, 0.1) is 17.4 Å². The summed E-state index contributed by atoms with van der Waals surface area (Å²) in [6.07, 6.45) is 4.55. The number of hydrazine groups is 1. The van der Waals surface area contributed by atoms with Crippen molar-refractivity contribution in [2.45, 2.75) is 66.7 Å². The minimum absolute atomic E-state index is 0.0498. The first-order valence-corrected chi connectivity index (χ1v) is 12.5. The fraction of sp³-hybridized carbons (Fsp3) is 0.640. The summed E-state index contributed by atoms with van der Waals surface area (Å²) in [4.78, 5) is 39.1. The van der Waals surface area contributed by atoms with Gasteiger partial charge in [0.2, 0.25) is 5.91 Å². The second-order valence-electron chi connectivity index (χ2n) is 10.9. The third kappa shape index (κ3) is 3.89. The highest BCUT2D eigenvalue weighted by molar-refractivity contribution is 7.10. The quantitative estimate of drug-likeness (QED) is 0.463. The van der Waals surface area contributed by atoms with Crippen molar-refractivity contribution in [1.82, 2.24) is 10.9 Å². The summed E-state index contributed by atoms with van der Waals surface area (Å²) in [6.45, 7) is 10.8. The molecule has 3 aliphatic carbocycles. The van der Waals surface area contributed by atoms with Gasteiger partial charge in [-0.3, -0.25) is 25.2 Å². The van der Waals surface area contributed by atoms with E-state index in [9.17, 15) is 19.5 Å². The summed E-state index contributed by atoms with van der Waals surface area (Å²) >= 11 is 1.62. The monoisotopic (exact) mass is 458 g/mol. The Bertz CT molecular complexity index is 983. The third-order valence-electron chi connectivity index (χ3n) is 7.93. The lowest BCUT2D eigenvalue weighted by Gasteiger charge is -2.34. The van der Waals surface area contributed by atoms with Crippen LogP contribution in [0.15, 0.2) is 16.5 Å². The number of carboxylic acids is 1. The molecule has 32 heavy (non-hydrogen) atoms. The lowest BCUT2D eigenvalue weighted by molar-refractivity contribution is -0.149. The van der Waals surface area contributed by atoms with E-state index in [0.717, 1.165) is 48.8 Å². The Morgan fingerprint density at radius 2 is 1.69 bits per heavy atom. The average Bonchev–Trinajstić information content (AvgIpc) is 3.41. The SMILES string of the molecule is CC(C)=C1[C@H]2CC[C@H]1[C@H](C(=O)NNC(=O)c1csc3c1CC[C@H](C(C)(C)C)C3)[C@H]2C(=O)O. The van der Waals surface area contributed by atoms with Crippen LogP contribution in [0.25, 0.3) is 0 Å². The highest BCUT2D eigenvalue weighted by atomic mass is 32.1. The zero-order chi connectivity index (χ0) is 23.4. The standard InChI is InChI=1S/C25H34N2O4S/c1-12(2)19-15-8-9-16(19)21(24(30)31)20(15)23(29)27-26-22(28)17-11-32-18-10-13(25(3,4)5)6-7-14(17)18/h11,13,15-16,20-21H,6-10H2,1-5H3,(H,26,28)(H,27,29)(H,30,31)/t13-,15+,16+,20-,21-/m0/s1. The van der Waals surface area contributed by atoms with Crippen molar-refractivity contribution in [2.75, 3.05) is 0 Å². The van der Waals surface area contributed by atoms with Crippen molar-refractivity contribution in [3.8, 4) is 0 Å². The van der Waals surface area contributed by atoms with E-state index >= 15 is 0 Å². The van der Waals surface area contributed by atoms with Gasteiger partial charge in [-0.25, -0.2) is 0 Å². The number of hydrogen-bond donors (Lipinski definition) is 3. The summed E-state index contributed by atoms with van der Waals surface area (Å²) in [6, 6.07) is 0. The number of carbonyl (C=O) groups is 3. The summed E-state index contributed by atoms with van der Waals surface area (Å²) in [5.41, 5.74) is 9.34. The van der Waals surface area contributed by atoms with Gasteiger partial charge in [-0.1, -0.05) is 31.9 Å². The molecule has 2 saturated carbocycles. The fourth-order valence-electron chi connectivity index (χ4n) is 6.32. The average molecular weight is 459 g/mol. The number of aliphatic carboxylic acids is 1. The van der Waals surface area contributed by atoms with Crippen LogP contribution >= 0.6 is 11.3 Å². The molecular weight excluding hydrogens is 424 g/mol. The van der Waals surface area contributed by atoms with Crippen molar-refractivity contribution in [3.63, 3.8) is 0 Å². The first kappa shape index (κ1) is 23.0. The Balaban J connectivity index is 1.44. The van der Waals surface area contributed by atoms with Gasteiger partial charge < -0.3 is 5.11 Å². The van der Waals surface area contributed by atoms with Crippen molar-refractivity contribution in [2.24, 2.45) is 35.0 Å². The Morgan fingerprint density at radius 1 is 1.03 bits per heavy atom. The van der Waals surface area contributed by atoms with E-state index in [4.69, 9.17) is 0 Å². The molecule has 0 unspecified atom stereocenters. The molecule has 3 N–H and O–H groups in total.